The van der Waals surface area contributed by atoms with E-state index in [0.29, 0.717) is 5.82 Å². The van der Waals surface area contributed by atoms with Gasteiger partial charge in [0.25, 0.3) is 0 Å². The van der Waals surface area contributed by atoms with Crippen molar-refractivity contribution < 1.29 is 9.53 Å². The lowest BCUT2D eigenvalue weighted by atomic mass is 9.92. The zero-order chi connectivity index (χ0) is 17.9. The number of rotatable bonds is 5. The van der Waals surface area contributed by atoms with Crippen LogP contribution in [0.3, 0.4) is 0 Å². The van der Waals surface area contributed by atoms with Gasteiger partial charge in [0.05, 0.1) is 18.0 Å². The van der Waals surface area contributed by atoms with E-state index in [1.54, 1.807) is 4.68 Å². The maximum absolute atomic E-state index is 12.2. The molecular weight excluding hydrogens is 340 g/mol. The molecule has 0 fully saturated rings. The van der Waals surface area contributed by atoms with Crippen molar-refractivity contribution in [2.45, 2.75) is 39.2 Å². The van der Waals surface area contributed by atoms with E-state index in [0.717, 1.165) is 16.9 Å². The number of ether oxygens (including phenoxy) is 1. The fraction of sp³-hybridized carbons (Fsp3) is 0.444. The Morgan fingerprint density at radius 1 is 1.32 bits per heavy atom. The first-order valence-corrected chi connectivity index (χ1v) is 7.95. The SMILES string of the molecule is COCC(N)C(=O)Nc1cc(C(C)(C)C)nn1-c1ccc(C)cc1.Cl. The number of hydrogen-bond donors (Lipinski definition) is 2. The molecule has 0 bridgehead atoms. The topological polar surface area (TPSA) is 82.2 Å². The quantitative estimate of drug-likeness (QED) is 0.852. The van der Waals surface area contributed by atoms with Crippen LogP contribution in [0.15, 0.2) is 30.3 Å². The van der Waals surface area contributed by atoms with Crippen LogP contribution in [-0.2, 0) is 14.9 Å². The third-order valence-corrected chi connectivity index (χ3v) is 3.69. The highest BCUT2D eigenvalue weighted by atomic mass is 35.5. The number of carbonyl (C=O) groups is 1. The Labute approximate surface area is 155 Å². The third-order valence-electron chi connectivity index (χ3n) is 3.69. The van der Waals surface area contributed by atoms with E-state index >= 15 is 0 Å². The van der Waals surface area contributed by atoms with Crippen molar-refractivity contribution in [1.82, 2.24) is 9.78 Å². The van der Waals surface area contributed by atoms with Gasteiger partial charge in [0, 0.05) is 18.6 Å². The minimum atomic E-state index is -0.727. The lowest BCUT2D eigenvalue weighted by molar-refractivity contribution is -0.118. The van der Waals surface area contributed by atoms with Crippen molar-refractivity contribution in [3.05, 3.63) is 41.6 Å². The maximum Gasteiger partial charge on any atom is 0.244 e. The molecule has 1 amide bonds. The van der Waals surface area contributed by atoms with Crippen LogP contribution in [-0.4, -0.2) is 35.4 Å². The number of nitrogens with one attached hydrogen (secondary N) is 1. The van der Waals surface area contributed by atoms with Crippen LogP contribution in [0.2, 0.25) is 0 Å². The molecule has 1 aromatic heterocycles. The van der Waals surface area contributed by atoms with Crippen molar-refractivity contribution in [3.63, 3.8) is 0 Å². The monoisotopic (exact) mass is 366 g/mol. The third kappa shape index (κ3) is 5.29. The van der Waals surface area contributed by atoms with Gasteiger partial charge in [-0.05, 0) is 19.1 Å². The molecule has 2 rings (SSSR count). The largest absolute Gasteiger partial charge is 0.383 e. The normalized spacial score (nSPS) is 12.4. The van der Waals surface area contributed by atoms with E-state index in [1.165, 1.54) is 7.11 Å². The van der Waals surface area contributed by atoms with E-state index in [2.05, 4.69) is 31.2 Å². The van der Waals surface area contributed by atoms with Crippen molar-refractivity contribution in [3.8, 4) is 5.69 Å². The molecule has 0 saturated carbocycles. The molecule has 6 nitrogen and oxygen atoms in total. The molecule has 25 heavy (non-hydrogen) atoms. The van der Waals surface area contributed by atoms with Gasteiger partial charge in [-0.15, -0.1) is 12.4 Å². The Morgan fingerprint density at radius 3 is 2.44 bits per heavy atom. The summed E-state index contributed by atoms with van der Waals surface area (Å²) in [5.74, 6) is 0.297. The predicted molar refractivity (Wildman–Crippen MR) is 103 cm³/mol. The average Bonchev–Trinajstić information content (AvgIpc) is 2.92. The van der Waals surface area contributed by atoms with Gasteiger partial charge in [-0.2, -0.15) is 5.10 Å². The molecule has 0 aliphatic carbocycles. The Hall–Kier alpha value is -1.89. The summed E-state index contributed by atoms with van der Waals surface area (Å²) in [5.41, 5.74) is 8.61. The number of hydrogen-bond acceptors (Lipinski definition) is 4. The van der Waals surface area contributed by atoms with E-state index in [1.807, 2.05) is 37.3 Å². The summed E-state index contributed by atoms with van der Waals surface area (Å²) in [6.07, 6.45) is 0. The second-order valence-corrected chi connectivity index (χ2v) is 6.96. The van der Waals surface area contributed by atoms with Crippen molar-refractivity contribution in [2.75, 3.05) is 19.0 Å². The van der Waals surface area contributed by atoms with Gasteiger partial charge in [0.2, 0.25) is 5.91 Å². The van der Waals surface area contributed by atoms with E-state index in [4.69, 9.17) is 10.5 Å². The zero-order valence-electron chi connectivity index (χ0n) is 15.4. The summed E-state index contributed by atoms with van der Waals surface area (Å²) in [4.78, 5) is 12.2. The molecule has 138 valence electrons. The molecule has 1 unspecified atom stereocenters. The van der Waals surface area contributed by atoms with Gasteiger partial charge < -0.3 is 15.8 Å². The molecule has 0 aliphatic heterocycles. The summed E-state index contributed by atoms with van der Waals surface area (Å²) in [6, 6.07) is 9.12. The molecule has 3 N–H and O–H groups in total. The molecule has 0 radical (unpaired) electrons. The molecule has 1 aromatic carbocycles. The van der Waals surface area contributed by atoms with Gasteiger partial charge in [-0.1, -0.05) is 38.5 Å². The number of nitrogens with two attached hydrogens (primary N) is 1. The summed E-state index contributed by atoms with van der Waals surface area (Å²) in [5, 5.41) is 7.53. The van der Waals surface area contributed by atoms with Gasteiger partial charge >= 0.3 is 0 Å². The minimum absolute atomic E-state index is 0. The van der Waals surface area contributed by atoms with Gasteiger partial charge in [0.15, 0.2) is 0 Å². The molecule has 7 heteroatoms. The van der Waals surface area contributed by atoms with Crippen LogP contribution in [0, 0.1) is 6.92 Å². The Bertz CT molecular complexity index is 705. The number of anilines is 1. The highest BCUT2D eigenvalue weighted by Gasteiger charge is 2.22. The van der Waals surface area contributed by atoms with E-state index in [9.17, 15) is 4.79 Å². The second kappa shape index (κ2) is 8.47. The zero-order valence-corrected chi connectivity index (χ0v) is 16.2. The number of aryl methyl sites for hydroxylation is 1. The minimum Gasteiger partial charge on any atom is -0.383 e. The smallest absolute Gasteiger partial charge is 0.244 e. The average molecular weight is 367 g/mol. The van der Waals surface area contributed by atoms with Crippen LogP contribution in [0.4, 0.5) is 5.82 Å². The number of benzene rings is 1. The number of nitrogens with zero attached hydrogens (tertiary/aromatic N) is 2. The number of methoxy groups -OCH3 is 1. The summed E-state index contributed by atoms with van der Waals surface area (Å²) >= 11 is 0. The fourth-order valence-corrected chi connectivity index (χ4v) is 2.19. The standard InChI is InChI=1S/C18H26N4O2.ClH/c1-12-6-8-13(9-7-12)22-16(10-15(21-22)18(2,3)4)20-17(23)14(19)11-24-5;/h6-10,14H,11,19H2,1-5H3,(H,20,23);1H. The van der Waals surface area contributed by atoms with Crippen LogP contribution in [0.1, 0.15) is 32.0 Å². The molecule has 0 saturated heterocycles. The van der Waals surface area contributed by atoms with Gasteiger partial charge in [0.1, 0.15) is 11.9 Å². The Balaban J connectivity index is 0.00000312. The van der Waals surface area contributed by atoms with Crippen molar-refractivity contribution in [1.29, 1.82) is 0 Å². The van der Waals surface area contributed by atoms with Crippen LogP contribution >= 0.6 is 12.4 Å². The lowest BCUT2D eigenvalue weighted by Gasteiger charge is -2.14. The van der Waals surface area contributed by atoms with Gasteiger partial charge in [-0.3, -0.25) is 4.79 Å². The fourth-order valence-electron chi connectivity index (χ4n) is 2.19. The second-order valence-electron chi connectivity index (χ2n) is 6.96. The molecule has 1 heterocycles. The predicted octanol–water partition coefficient (Wildman–Crippen LogP) is 2.81. The first-order valence-electron chi connectivity index (χ1n) is 7.95. The number of halogens is 1. The van der Waals surface area contributed by atoms with Crippen molar-refractivity contribution >= 4 is 24.1 Å². The van der Waals surface area contributed by atoms with Crippen LogP contribution < -0.4 is 11.1 Å². The first kappa shape index (κ1) is 21.2. The summed E-state index contributed by atoms with van der Waals surface area (Å²) in [6.45, 7) is 8.43. The summed E-state index contributed by atoms with van der Waals surface area (Å²) < 4.78 is 6.68. The van der Waals surface area contributed by atoms with E-state index < -0.39 is 6.04 Å². The molecule has 0 spiro atoms. The highest BCUT2D eigenvalue weighted by Crippen LogP contribution is 2.26. The van der Waals surface area contributed by atoms with E-state index in [-0.39, 0.29) is 30.3 Å². The number of aromatic nitrogens is 2. The molecule has 0 aliphatic rings. The molecule has 2 aromatic rings. The molecular formula is C18H27ClN4O2. The van der Waals surface area contributed by atoms with Crippen molar-refractivity contribution in [2.24, 2.45) is 5.73 Å². The van der Waals surface area contributed by atoms with Crippen LogP contribution in [0.5, 0.6) is 0 Å². The lowest BCUT2D eigenvalue weighted by Crippen LogP contribution is -2.39. The van der Waals surface area contributed by atoms with Crippen LogP contribution in [0.25, 0.3) is 5.69 Å². The maximum atomic E-state index is 12.2. The Kier molecular flexibility index (Phi) is 7.17. The summed E-state index contributed by atoms with van der Waals surface area (Å²) in [7, 11) is 1.52. The number of amides is 1. The molecule has 1 atom stereocenters. The highest BCUT2D eigenvalue weighted by molar-refractivity contribution is 5.94. The van der Waals surface area contributed by atoms with Gasteiger partial charge in [-0.25, -0.2) is 4.68 Å². The Morgan fingerprint density at radius 2 is 1.92 bits per heavy atom. The first-order chi connectivity index (χ1) is 11.2. The number of carbonyl (C=O) groups excluding carboxylic acids is 1.